The van der Waals surface area contributed by atoms with E-state index in [1.54, 1.807) is 12.1 Å². The molecule has 1 aromatic rings. The Morgan fingerprint density at radius 3 is 2.21 bits per heavy atom. The minimum absolute atomic E-state index is 0.126. The van der Waals surface area contributed by atoms with Crippen LogP contribution >= 0.6 is 10.7 Å². The van der Waals surface area contributed by atoms with Crippen molar-refractivity contribution in [2.75, 3.05) is 6.54 Å². The Balaban J connectivity index is 2.13. The maximum absolute atomic E-state index is 11.4. The van der Waals surface area contributed by atoms with Crippen LogP contribution in [0.25, 0.3) is 0 Å². The van der Waals surface area contributed by atoms with Crippen LogP contribution < -0.4 is 5.32 Å². The van der Waals surface area contributed by atoms with Crippen LogP contribution in [0.4, 0.5) is 4.79 Å². The largest absolute Gasteiger partial charge is 0.444 e. The third-order valence-corrected chi connectivity index (χ3v) is 4.64. The molecule has 0 radical (unpaired) electrons. The van der Waals surface area contributed by atoms with E-state index >= 15 is 0 Å². The molecule has 5 nitrogen and oxygen atoms in total. The maximum Gasteiger partial charge on any atom is 0.407 e. The Morgan fingerprint density at radius 1 is 1.08 bits per heavy atom. The molecular formula is C17H26ClNO4S. The van der Waals surface area contributed by atoms with Crippen molar-refractivity contribution >= 4 is 25.8 Å². The number of unbranched alkanes of at least 4 members (excludes halogenated alkanes) is 3. The first kappa shape index (κ1) is 20.8. The molecular weight excluding hydrogens is 350 g/mol. The lowest BCUT2D eigenvalue weighted by atomic mass is 10.1. The Morgan fingerprint density at radius 2 is 1.67 bits per heavy atom. The first-order valence-electron chi connectivity index (χ1n) is 8.08. The highest BCUT2D eigenvalue weighted by Gasteiger charge is 2.15. The normalized spacial score (nSPS) is 12.0. The molecule has 0 aliphatic heterocycles. The number of hydrogen-bond donors (Lipinski definition) is 1. The van der Waals surface area contributed by atoms with Crippen molar-refractivity contribution in [3.8, 4) is 0 Å². The Labute approximate surface area is 149 Å². The number of benzene rings is 1. The van der Waals surface area contributed by atoms with Crippen molar-refractivity contribution < 1.29 is 17.9 Å². The minimum atomic E-state index is -3.65. The van der Waals surface area contributed by atoms with Gasteiger partial charge in [0.2, 0.25) is 0 Å². The number of aryl methyl sites for hydroxylation is 1. The van der Waals surface area contributed by atoms with Gasteiger partial charge in [0.1, 0.15) is 5.60 Å². The van der Waals surface area contributed by atoms with Crippen LogP contribution in [-0.2, 0) is 20.2 Å². The molecule has 0 aliphatic carbocycles. The zero-order valence-electron chi connectivity index (χ0n) is 14.5. The number of carbonyl (C=O) groups is 1. The zero-order chi connectivity index (χ0) is 18.2. The highest BCUT2D eigenvalue weighted by Crippen LogP contribution is 2.16. The second kappa shape index (κ2) is 9.28. The van der Waals surface area contributed by atoms with Gasteiger partial charge in [-0.25, -0.2) is 13.2 Å². The highest BCUT2D eigenvalue weighted by molar-refractivity contribution is 8.13. The van der Waals surface area contributed by atoms with Gasteiger partial charge >= 0.3 is 6.09 Å². The molecule has 1 rings (SSSR count). The molecule has 0 heterocycles. The standard InChI is InChI=1S/C17H26ClNO4S/c1-17(2,3)23-16(20)19-13-7-5-4-6-8-14-9-11-15(12-10-14)24(18,21)22/h9-12H,4-8,13H2,1-3H3,(H,19,20). The molecule has 136 valence electrons. The summed E-state index contributed by atoms with van der Waals surface area (Å²) in [4.78, 5) is 11.6. The lowest BCUT2D eigenvalue weighted by molar-refractivity contribution is 0.0527. The van der Waals surface area contributed by atoms with Crippen LogP contribution in [0.5, 0.6) is 0 Å². The molecule has 1 aromatic carbocycles. The van der Waals surface area contributed by atoms with Gasteiger partial charge in [0.25, 0.3) is 9.05 Å². The summed E-state index contributed by atoms with van der Waals surface area (Å²) >= 11 is 0. The zero-order valence-corrected chi connectivity index (χ0v) is 16.0. The minimum Gasteiger partial charge on any atom is -0.444 e. The fraction of sp³-hybridized carbons (Fsp3) is 0.588. The number of ether oxygens (including phenoxy) is 1. The number of hydrogen-bond acceptors (Lipinski definition) is 4. The fourth-order valence-electron chi connectivity index (χ4n) is 2.13. The lowest BCUT2D eigenvalue weighted by Gasteiger charge is -2.19. The monoisotopic (exact) mass is 375 g/mol. The molecule has 1 amide bonds. The van der Waals surface area contributed by atoms with Gasteiger partial charge in [0.05, 0.1) is 4.90 Å². The summed E-state index contributed by atoms with van der Waals surface area (Å²) < 4.78 is 27.5. The number of amides is 1. The second-order valence-electron chi connectivity index (χ2n) is 6.67. The first-order chi connectivity index (χ1) is 11.1. The van der Waals surface area contributed by atoms with Crippen LogP contribution in [0.2, 0.25) is 0 Å². The van der Waals surface area contributed by atoms with Gasteiger partial charge in [-0.1, -0.05) is 25.0 Å². The van der Waals surface area contributed by atoms with E-state index in [0.29, 0.717) is 6.54 Å². The number of carbonyl (C=O) groups excluding carboxylic acids is 1. The van der Waals surface area contributed by atoms with Gasteiger partial charge in [-0.15, -0.1) is 0 Å². The van der Waals surface area contributed by atoms with Crippen molar-refractivity contribution in [2.24, 2.45) is 0 Å². The van der Waals surface area contributed by atoms with E-state index in [2.05, 4.69) is 5.32 Å². The van der Waals surface area contributed by atoms with Crippen LogP contribution in [0.1, 0.15) is 52.0 Å². The van der Waals surface area contributed by atoms with Crippen LogP contribution in [0.15, 0.2) is 29.2 Å². The van der Waals surface area contributed by atoms with E-state index in [1.807, 2.05) is 20.8 Å². The molecule has 0 saturated heterocycles. The number of nitrogens with one attached hydrogen (secondary N) is 1. The van der Waals surface area contributed by atoms with Gasteiger partial charge in [0, 0.05) is 17.2 Å². The molecule has 0 unspecified atom stereocenters. The molecule has 0 fully saturated rings. The summed E-state index contributed by atoms with van der Waals surface area (Å²) in [6.45, 7) is 6.11. The molecule has 0 spiro atoms. The summed E-state index contributed by atoms with van der Waals surface area (Å²) in [6, 6.07) is 6.64. The molecule has 1 N–H and O–H groups in total. The molecule has 0 bridgehead atoms. The number of halogens is 1. The van der Waals surface area contributed by atoms with E-state index in [9.17, 15) is 13.2 Å². The summed E-state index contributed by atoms with van der Waals surface area (Å²) in [6.07, 6.45) is 4.50. The summed E-state index contributed by atoms with van der Waals surface area (Å²) in [5, 5.41) is 2.74. The maximum atomic E-state index is 11.4. The predicted molar refractivity (Wildman–Crippen MR) is 95.9 cm³/mol. The summed E-state index contributed by atoms with van der Waals surface area (Å²) in [7, 11) is 1.63. The molecule has 0 atom stereocenters. The Hall–Kier alpha value is -1.27. The van der Waals surface area contributed by atoms with Gasteiger partial charge in [-0.2, -0.15) is 0 Å². The molecule has 7 heteroatoms. The van der Waals surface area contributed by atoms with Crippen molar-refractivity contribution in [2.45, 2.75) is 63.4 Å². The van der Waals surface area contributed by atoms with Gasteiger partial charge in [0.15, 0.2) is 0 Å². The quantitative estimate of drug-likeness (QED) is 0.544. The summed E-state index contributed by atoms with van der Waals surface area (Å²) in [5.41, 5.74) is 0.619. The van der Waals surface area contributed by atoms with E-state index < -0.39 is 14.7 Å². The molecule has 0 aliphatic rings. The highest BCUT2D eigenvalue weighted by atomic mass is 35.7. The predicted octanol–water partition coefficient (Wildman–Crippen LogP) is 4.24. The van der Waals surface area contributed by atoms with Crippen LogP contribution in [0.3, 0.4) is 0 Å². The third-order valence-electron chi connectivity index (χ3n) is 3.27. The number of alkyl carbamates (subject to hydrolysis) is 1. The van der Waals surface area contributed by atoms with E-state index in [4.69, 9.17) is 15.4 Å². The first-order valence-corrected chi connectivity index (χ1v) is 10.4. The van der Waals surface area contributed by atoms with Crippen LogP contribution in [-0.4, -0.2) is 26.7 Å². The van der Waals surface area contributed by atoms with E-state index in [0.717, 1.165) is 37.7 Å². The van der Waals surface area contributed by atoms with Crippen molar-refractivity contribution in [1.82, 2.24) is 5.32 Å². The number of rotatable bonds is 8. The molecule has 24 heavy (non-hydrogen) atoms. The third kappa shape index (κ3) is 9.13. The Kier molecular flexibility index (Phi) is 8.03. The van der Waals surface area contributed by atoms with Crippen LogP contribution in [0, 0.1) is 0 Å². The average Bonchev–Trinajstić information content (AvgIpc) is 2.44. The van der Waals surface area contributed by atoms with E-state index in [-0.39, 0.29) is 11.0 Å². The topological polar surface area (TPSA) is 72.5 Å². The van der Waals surface area contributed by atoms with Gasteiger partial charge < -0.3 is 10.1 Å². The second-order valence-corrected chi connectivity index (χ2v) is 9.24. The van der Waals surface area contributed by atoms with Crippen molar-refractivity contribution in [3.63, 3.8) is 0 Å². The molecule has 0 aromatic heterocycles. The van der Waals surface area contributed by atoms with E-state index in [1.165, 1.54) is 12.1 Å². The smallest absolute Gasteiger partial charge is 0.407 e. The fourth-order valence-corrected chi connectivity index (χ4v) is 2.90. The summed E-state index contributed by atoms with van der Waals surface area (Å²) in [5.74, 6) is 0. The molecule has 0 saturated carbocycles. The average molecular weight is 376 g/mol. The Bertz CT molecular complexity index is 621. The lowest BCUT2D eigenvalue weighted by Crippen LogP contribution is -2.32. The van der Waals surface area contributed by atoms with Gasteiger partial charge in [-0.3, -0.25) is 0 Å². The van der Waals surface area contributed by atoms with Gasteiger partial charge in [-0.05, 0) is 57.7 Å². The SMILES string of the molecule is CC(C)(C)OC(=O)NCCCCCCc1ccc(S(=O)(=O)Cl)cc1. The van der Waals surface area contributed by atoms with Crippen molar-refractivity contribution in [3.05, 3.63) is 29.8 Å². The van der Waals surface area contributed by atoms with Crippen molar-refractivity contribution in [1.29, 1.82) is 0 Å².